The van der Waals surface area contributed by atoms with E-state index in [9.17, 15) is 4.79 Å². The Balaban J connectivity index is 1.53. The summed E-state index contributed by atoms with van der Waals surface area (Å²) in [5.41, 5.74) is 6.07. The maximum atomic E-state index is 11.1. The molecular weight excluding hydrogens is 370 g/mol. The number of ether oxygens (including phenoxy) is 2. The Labute approximate surface area is 166 Å². The zero-order valence-corrected chi connectivity index (χ0v) is 15.3. The number of nitrogens with zero attached hydrogens (tertiary/aromatic N) is 3. The van der Waals surface area contributed by atoms with Crippen LogP contribution in [0.5, 0.6) is 11.5 Å². The summed E-state index contributed by atoms with van der Waals surface area (Å²) in [6.07, 6.45) is 5.66. The molecule has 8 nitrogen and oxygen atoms in total. The fourth-order valence-corrected chi connectivity index (χ4v) is 2.86. The molecule has 0 saturated carbocycles. The number of carbonyl (C=O) groups is 1. The lowest BCUT2D eigenvalue weighted by molar-refractivity contribution is 0.211. The second-order valence-electron chi connectivity index (χ2n) is 6.08. The third-order valence-electron chi connectivity index (χ3n) is 4.09. The third-order valence-corrected chi connectivity index (χ3v) is 4.09. The number of carbonyl (C=O) groups excluding carboxylic acids is 1. The van der Waals surface area contributed by atoms with Gasteiger partial charge in [-0.1, -0.05) is 24.3 Å². The van der Waals surface area contributed by atoms with Crippen molar-refractivity contribution in [2.75, 3.05) is 5.32 Å². The summed E-state index contributed by atoms with van der Waals surface area (Å²) in [5.74, 6) is 2.30. The average Bonchev–Trinajstić information content (AvgIpc) is 2.74. The highest BCUT2D eigenvalue weighted by molar-refractivity contribution is 5.94. The lowest BCUT2D eigenvalue weighted by Crippen LogP contribution is -2.16. The van der Waals surface area contributed by atoms with Crippen molar-refractivity contribution in [3.8, 4) is 11.5 Å². The molecule has 0 saturated heterocycles. The van der Waals surface area contributed by atoms with Crippen LogP contribution in [-0.2, 0) is 6.61 Å². The van der Waals surface area contributed by atoms with E-state index >= 15 is 0 Å². The van der Waals surface area contributed by atoms with Crippen LogP contribution in [0.1, 0.15) is 5.56 Å². The number of aromatic nitrogens is 3. The van der Waals surface area contributed by atoms with E-state index in [1.165, 1.54) is 0 Å². The first-order valence-corrected chi connectivity index (χ1v) is 8.79. The Kier molecular flexibility index (Phi) is 5.15. The van der Waals surface area contributed by atoms with E-state index in [-0.39, 0.29) is 0 Å². The molecule has 3 N–H and O–H groups in total. The number of hydrogen-bond acceptors (Lipinski definition) is 7. The average molecular weight is 387 g/mol. The van der Waals surface area contributed by atoms with Crippen molar-refractivity contribution in [1.82, 2.24) is 15.0 Å². The lowest BCUT2D eigenvalue weighted by atomic mass is 10.1. The van der Waals surface area contributed by atoms with Crippen molar-refractivity contribution in [3.63, 3.8) is 0 Å². The van der Waals surface area contributed by atoms with Crippen molar-refractivity contribution >= 4 is 28.5 Å². The highest BCUT2D eigenvalue weighted by Gasteiger charge is 2.10. The lowest BCUT2D eigenvalue weighted by Gasteiger charge is -2.12. The smallest absolute Gasteiger partial charge is 0.409 e. The number of pyridine rings is 1. The molecule has 0 spiro atoms. The Morgan fingerprint density at radius 1 is 0.931 bits per heavy atom. The maximum Gasteiger partial charge on any atom is 0.409 e. The van der Waals surface area contributed by atoms with Gasteiger partial charge in [-0.25, -0.2) is 14.8 Å². The first kappa shape index (κ1) is 18.2. The minimum Gasteiger partial charge on any atom is -0.488 e. The molecular formula is C21H17N5O3. The van der Waals surface area contributed by atoms with Crippen LogP contribution in [0.3, 0.4) is 0 Å². The van der Waals surface area contributed by atoms with E-state index in [0.717, 1.165) is 16.3 Å². The Hall–Kier alpha value is -4.20. The second kappa shape index (κ2) is 8.22. The molecule has 4 rings (SSSR count). The molecule has 0 unspecified atom stereocenters. The van der Waals surface area contributed by atoms with Crippen molar-refractivity contribution < 1.29 is 14.3 Å². The number of primary amides is 1. The third kappa shape index (κ3) is 4.38. The molecule has 2 heterocycles. The molecule has 2 aromatic heterocycles. The van der Waals surface area contributed by atoms with E-state index in [2.05, 4.69) is 20.3 Å². The van der Waals surface area contributed by atoms with Crippen LogP contribution in [0.25, 0.3) is 10.8 Å². The summed E-state index contributed by atoms with van der Waals surface area (Å²) in [4.78, 5) is 23.6. The van der Waals surface area contributed by atoms with Gasteiger partial charge in [0.15, 0.2) is 0 Å². The van der Waals surface area contributed by atoms with Crippen molar-refractivity contribution in [3.05, 3.63) is 78.9 Å². The molecule has 29 heavy (non-hydrogen) atoms. The van der Waals surface area contributed by atoms with Gasteiger partial charge < -0.3 is 20.5 Å². The highest BCUT2D eigenvalue weighted by Crippen LogP contribution is 2.33. The first-order valence-electron chi connectivity index (χ1n) is 8.79. The fourth-order valence-electron chi connectivity index (χ4n) is 2.86. The number of rotatable bonds is 6. The molecule has 0 radical (unpaired) electrons. The zero-order chi connectivity index (χ0) is 20.1. The summed E-state index contributed by atoms with van der Waals surface area (Å²) in [6, 6.07) is 14.6. The molecule has 1 amide bonds. The minimum absolute atomic E-state index is 0.331. The predicted molar refractivity (Wildman–Crippen MR) is 108 cm³/mol. The largest absolute Gasteiger partial charge is 0.488 e. The molecule has 144 valence electrons. The maximum absolute atomic E-state index is 11.1. The van der Waals surface area contributed by atoms with Gasteiger partial charge in [0, 0.05) is 29.4 Å². The standard InChI is InChI=1S/C21H17N5O3/c22-21(27)29-18-6-5-17(15-3-1-2-4-16(15)18)28-13-14-7-8-24-19(11-14)26-20-12-23-9-10-25-20/h1-12H,13H2,(H2,22,27)(H,24,25,26). The molecule has 0 aliphatic rings. The van der Waals surface area contributed by atoms with Gasteiger partial charge in [-0.05, 0) is 29.8 Å². The Morgan fingerprint density at radius 3 is 2.45 bits per heavy atom. The van der Waals surface area contributed by atoms with Gasteiger partial charge in [0.1, 0.15) is 29.7 Å². The summed E-state index contributed by atoms with van der Waals surface area (Å²) in [6.45, 7) is 0.331. The van der Waals surface area contributed by atoms with Gasteiger partial charge in [-0.15, -0.1) is 0 Å². The van der Waals surface area contributed by atoms with E-state index in [4.69, 9.17) is 15.2 Å². The van der Waals surface area contributed by atoms with Crippen LogP contribution in [0.2, 0.25) is 0 Å². The van der Waals surface area contributed by atoms with Gasteiger partial charge in [-0.2, -0.15) is 0 Å². The van der Waals surface area contributed by atoms with Crippen LogP contribution in [0, 0.1) is 0 Å². The van der Waals surface area contributed by atoms with Crippen LogP contribution in [0.4, 0.5) is 16.4 Å². The topological polar surface area (TPSA) is 112 Å². The zero-order valence-electron chi connectivity index (χ0n) is 15.3. The summed E-state index contributed by atoms with van der Waals surface area (Å²) in [5, 5.41) is 4.65. The molecule has 0 aliphatic heterocycles. The quantitative estimate of drug-likeness (QED) is 0.517. The van der Waals surface area contributed by atoms with Crippen LogP contribution in [0.15, 0.2) is 73.3 Å². The molecule has 2 aromatic carbocycles. The number of hydrogen-bond donors (Lipinski definition) is 2. The Morgan fingerprint density at radius 2 is 1.69 bits per heavy atom. The molecule has 0 atom stereocenters. The number of nitrogens with two attached hydrogens (primary N) is 1. The number of nitrogens with one attached hydrogen (secondary N) is 1. The minimum atomic E-state index is -0.858. The first-order chi connectivity index (χ1) is 14.2. The Bertz CT molecular complexity index is 1150. The number of benzene rings is 2. The molecule has 4 aromatic rings. The SMILES string of the molecule is NC(=O)Oc1ccc(OCc2ccnc(Nc3cnccn3)c2)c2ccccc12. The molecule has 0 bridgehead atoms. The van der Waals surface area contributed by atoms with Crippen molar-refractivity contribution in [2.45, 2.75) is 6.61 Å². The number of fused-ring (bicyclic) bond motifs is 1. The van der Waals surface area contributed by atoms with Gasteiger partial charge in [-0.3, -0.25) is 4.98 Å². The summed E-state index contributed by atoms with van der Waals surface area (Å²) >= 11 is 0. The van der Waals surface area contributed by atoms with Crippen molar-refractivity contribution in [1.29, 1.82) is 0 Å². The van der Waals surface area contributed by atoms with E-state index in [0.29, 0.717) is 29.7 Å². The molecule has 8 heteroatoms. The molecule has 0 fully saturated rings. The highest BCUT2D eigenvalue weighted by atomic mass is 16.5. The van der Waals surface area contributed by atoms with Crippen LogP contribution < -0.4 is 20.5 Å². The van der Waals surface area contributed by atoms with Gasteiger partial charge in [0.25, 0.3) is 0 Å². The second-order valence-corrected chi connectivity index (χ2v) is 6.08. The fraction of sp³-hybridized carbons (Fsp3) is 0.0476. The number of amides is 1. The summed E-state index contributed by atoms with van der Waals surface area (Å²) in [7, 11) is 0. The van der Waals surface area contributed by atoms with E-state index in [1.807, 2.05) is 36.4 Å². The predicted octanol–water partition coefficient (Wildman–Crippen LogP) is 3.80. The summed E-state index contributed by atoms with van der Waals surface area (Å²) < 4.78 is 11.1. The van der Waals surface area contributed by atoms with E-state index < -0.39 is 6.09 Å². The normalized spacial score (nSPS) is 10.5. The van der Waals surface area contributed by atoms with Gasteiger partial charge in [0.2, 0.25) is 0 Å². The van der Waals surface area contributed by atoms with Gasteiger partial charge in [0.05, 0.1) is 6.20 Å². The van der Waals surface area contributed by atoms with Crippen LogP contribution in [-0.4, -0.2) is 21.0 Å². The van der Waals surface area contributed by atoms with E-state index in [1.54, 1.807) is 36.9 Å². The molecule has 0 aliphatic carbocycles. The van der Waals surface area contributed by atoms with Crippen molar-refractivity contribution in [2.24, 2.45) is 5.73 Å². The number of anilines is 2. The van der Waals surface area contributed by atoms with Crippen LogP contribution >= 0.6 is 0 Å². The monoisotopic (exact) mass is 387 g/mol. The van der Waals surface area contributed by atoms with Gasteiger partial charge >= 0.3 is 6.09 Å².